The number of Topliss-reactive ketones (excluding diaryl/α,β-unsaturated/α-hetero) is 1. The van der Waals surface area contributed by atoms with Gasteiger partial charge in [-0.1, -0.05) is 69.3 Å². The molecule has 0 amide bonds. The molecule has 1 aromatic carbocycles. The third kappa shape index (κ3) is 8.71. The maximum Gasteiger partial charge on any atom is 0.306 e. The first-order chi connectivity index (χ1) is 18.3. The molecule has 0 spiro atoms. The largest absolute Gasteiger partial charge is 0.463 e. The standard InChI is InChI=1S/C33H49FO4Si/c1-23(2)37-32(36)17-11-9-8-10-16-28-27(29(34)22-30(28)35)18-19-31(38-39(6,7)33(3,4)5)26-20-24-14-12-13-15-25(24)21-26/h8,10,12-15,18-19,23,26-29,31H,9,11,16-17,20-22H2,1-7H3/t27-,28-,29+,31-/m1/s1. The van der Waals surface area contributed by atoms with Gasteiger partial charge in [0.1, 0.15) is 12.0 Å². The van der Waals surface area contributed by atoms with E-state index in [0.29, 0.717) is 25.2 Å². The van der Waals surface area contributed by atoms with Crippen molar-refractivity contribution >= 4 is 20.1 Å². The molecule has 1 fully saturated rings. The van der Waals surface area contributed by atoms with E-state index < -0.39 is 20.4 Å². The molecule has 0 bridgehead atoms. The van der Waals surface area contributed by atoms with Crippen LogP contribution in [0.4, 0.5) is 4.39 Å². The summed E-state index contributed by atoms with van der Waals surface area (Å²) in [6, 6.07) is 8.58. The third-order valence-corrected chi connectivity index (χ3v) is 13.1. The minimum absolute atomic E-state index is 0.00236. The zero-order valence-electron chi connectivity index (χ0n) is 25.0. The highest BCUT2D eigenvalue weighted by Crippen LogP contribution is 2.41. The molecule has 2 aliphatic carbocycles. The van der Waals surface area contributed by atoms with E-state index in [1.54, 1.807) is 0 Å². The number of allylic oxidation sites excluding steroid dienone is 3. The summed E-state index contributed by atoms with van der Waals surface area (Å²) in [5.41, 5.74) is 2.75. The summed E-state index contributed by atoms with van der Waals surface area (Å²) >= 11 is 0. The van der Waals surface area contributed by atoms with Crippen molar-refractivity contribution < 1.29 is 23.1 Å². The summed E-state index contributed by atoms with van der Waals surface area (Å²) in [6.07, 6.45) is 10.9. The quantitative estimate of drug-likeness (QED) is 0.113. The van der Waals surface area contributed by atoms with Crippen molar-refractivity contribution in [2.45, 2.75) is 116 Å². The molecule has 0 heterocycles. The number of hydrogen-bond donors (Lipinski definition) is 0. The number of carbonyl (C=O) groups excluding carboxylic acids is 2. The molecule has 4 nitrogen and oxygen atoms in total. The molecule has 2 aliphatic rings. The van der Waals surface area contributed by atoms with E-state index in [1.165, 1.54) is 11.1 Å². The molecule has 4 atom stereocenters. The van der Waals surface area contributed by atoms with Gasteiger partial charge in [0.25, 0.3) is 0 Å². The number of esters is 1. The van der Waals surface area contributed by atoms with Crippen LogP contribution in [0, 0.1) is 17.8 Å². The molecule has 1 aromatic rings. The van der Waals surface area contributed by atoms with Crippen LogP contribution in [0.15, 0.2) is 48.6 Å². The Hall–Kier alpha value is -2.05. The molecule has 0 saturated heterocycles. The molecule has 216 valence electrons. The topological polar surface area (TPSA) is 52.6 Å². The van der Waals surface area contributed by atoms with Crippen molar-refractivity contribution in [3.63, 3.8) is 0 Å². The molecule has 0 aromatic heterocycles. The molecule has 1 saturated carbocycles. The van der Waals surface area contributed by atoms with E-state index in [0.717, 1.165) is 19.3 Å². The molecule has 6 heteroatoms. The van der Waals surface area contributed by atoms with Crippen molar-refractivity contribution in [2.24, 2.45) is 17.8 Å². The minimum Gasteiger partial charge on any atom is -0.463 e. The number of ether oxygens (including phenoxy) is 1. The Bertz CT molecular complexity index is 1010. The van der Waals surface area contributed by atoms with Gasteiger partial charge in [-0.15, -0.1) is 0 Å². The highest BCUT2D eigenvalue weighted by Gasteiger charge is 2.43. The fourth-order valence-electron chi connectivity index (χ4n) is 5.41. The average molecular weight is 557 g/mol. The van der Waals surface area contributed by atoms with Crippen LogP contribution < -0.4 is 0 Å². The molecular formula is C33H49FO4Si. The van der Waals surface area contributed by atoms with Gasteiger partial charge in [0.05, 0.1) is 12.2 Å². The summed E-state index contributed by atoms with van der Waals surface area (Å²) < 4.78 is 27.2. The summed E-state index contributed by atoms with van der Waals surface area (Å²) in [4.78, 5) is 24.4. The van der Waals surface area contributed by atoms with Crippen LogP contribution in [0.25, 0.3) is 0 Å². The third-order valence-electron chi connectivity index (χ3n) is 8.67. The van der Waals surface area contributed by atoms with Crippen molar-refractivity contribution in [2.75, 3.05) is 0 Å². The summed E-state index contributed by atoms with van der Waals surface area (Å²) in [5.74, 6) is -0.666. The van der Waals surface area contributed by atoms with E-state index in [9.17, 15) is 9.59 Å². The van der Waals surface area contributed by atoms with Crippen molar-refractivity contribution in [3.05, 3.63) is 59.7 Å². The second-order valence-electron chi connectivity index (χ2n) is 13.2. The zero-order valence-corrected chi connectivity index (χ0v) is 26.0. The van der Waals surface area contributed by atoms with Crippen molar-refractivity contribution in [1.82, 2.24) is 0 Å². The molecule has 0 radical (unpaired) electrons. The van der Waals surface area contributed by atoms with Gasteiger partial charge in [0, 0.05) is 24.7 Å². The van der Waals surface area contributed by atoms with E-state index in [4.69, 9.17) is 9.16 Å². The molecule has 0 aliphatic heterocycles. The van der Waals surface area contributed by atoms with Crippen LogP contribution in [-0.4, -0.2) is 38.4 Å². The number of fused-ring (bicyclic) bond motifs is 1. The number of alkyl halides is 1. The normalized spacial score (nSPS) is 23.3. The van der Waals surface area contributed by atoms with Crippen LogP contribution in [0.5, 0.6) is 0 Å². The van der Waals surface area contributed by atoms with Gasteiger partial charge in [0.15, 0.2) is 8.32 Å². The van der Waals surface area contributed by atoms with Gasteiger partial charge < -0.3 is 9.16 Å². The van der Waals surface area contributed by atoms with Crippen LogP contribution in [-0.2, 0) is 31.6 Å². The Morgan fingerprint density at radius 1 is 1.10 bits per heavy atom. The molecule has 0 N–H and O–H groups in total. The lowest BCUT2D eigenvalue weighted by atomic mass is 9.89. The predicted octanol–water partition coefficient (Wildman–Crippen LogP) is 7.96. The average Bonchev–Trinajstić information content (AvgIpc) is 3.37. The predicted molar refractivity (Wildman–Crippen MR) is 159 cm³/mol. The second-order valence-corrected chi connectivity index (χ2v) is 17.9. The van der Waals surface area contributed by atoms with Gasteiger partial charge in [-0.2, -0.15) is 0 Å². The van der Waals surface area contributed by atoms with Crippen LogP contribution in [0.2, 0.25) is 18.1 Å². The Morgan fingerprint density at radius 2 is 1.74 bits per heavy atom. The van der Waals surface area contributed by atoms with Gasteiger partial charge in [0.2, 0.25) is 0 Å². The number of rotatable bonds is 12. The Labute approximate surface area is 236 Å². The molecule has 0 unspecified atom stereocenters. The summed E-state index contributed by atoms with van der Waals surface area (Å²) in [6.45, 7) is 14.9. The Kier molecular flexibility index (Phi) is 10.9. The first-order valence-corrected chi connectivity index (χ1v) is 17.6. The lowest BCUT2D eigenvalue weighted by Crippen LogP contribution is -2.45. The second kappa shape index (κ2) is 13.5. The van der Waals surface area contributed by atoms with Gasteiger partial charge in [-0.05, 0) is 81.1 Å². The number of hydrogen-bond acceptors (Lipinski definition) is 4. The highest BCUT2D eigenvalue weighted by molar-refractivity contribution is 6.74. The van der Waals surface area contributed by atoms with Crippen molar-refractivity contribution in [3.8, 4) is 0 Å². The fraction of sp³-hybridized carbons (Fsp3) is 0.636. The lowest BCUT2D eigenvalue weighted by molar-refractivity contribution is -0.147. The minimum atomic E-state index is -2.07. The maximum atomic E-state index is 15.1. The van der Waals surface area contributed by atoms with Gasteiger partial charge in [-0.3, -0.25) is 9.59 Å². The van der Waals surface area contributed by atoms with Crippen LogP contribution in [0.1, 0.15) is 77.8 Å². The van der Waals surface area contributed by atoms with E-state index in [-0.39, 0.29) is 41.3 Å². The first kappa shape index (κ1) is 31.5. The van der Waals surface area contributed by atoms with Gasteiger partial charge >= 0.3 is 5.97 Å². The number of benzene rings is 1. The molecular weight excluding hydrogens is 507 g/mol. The smallest absolute Gasteiger partial charge is 0.306 e. The monoisotopic (exact) mass is 556 g/mol. The fourth-order valence-corrected chi connectivity index (χ4v) is 6.71. The lowest BCUT2D eigenvalue weighted by Gasteiger charge is -2.40. The summed E-state index contributed by atoms with van der Waals surface area (Å²) in [7, 11) is -2.07. The van der Waals surface area contributed by atoms with E-state index >= 15 is 4.39 Å². The SMILES string of the molecule is CC(C)OC(=O)CCCC=CC[C@H]1C(=O)C[C@H](F)[C@@H]1C=C[C@@H](O[Si](C)(C)C(C)(C)C)C1Cc2ccccc2C1. The summed E-state index contributed by atoms with van der Waals surface area (Å²) in [5, 5.41) is 0.0648. The maximum absolute atomic E-state index is 15.1. The van der Waals surface area contributed by atoms with E-state index in [2.05, 4.69) is 64.2 Å². The van der Waals surface area contributed by atoms with Crippen LogP contribution >= 0.6 is 0 Å². The van der Waals surface area contributed by atoms with Crippen molar-refractivity contribution in [1.29, 1.82) is 0 Å². The molecule has 39 heavy (non-hydrogen) atoms. The number of unbranched alkanes of at least 4 members (excludes halogenated alkanes) is 1. The Morgan fingerprint density at radius 3 is 2.33 bits per heavy atom. The number of ketones is 1. The number of halogens is 1. The highest BCUT2D eigenvalue weighted by atomic mass is 28.4. The van der Waals surface area contributed by atoms with Crippen LogP contribution in [0.3, 0.4) is 0 Å². The Balaban J connectivity index is 1.67. The number of carbonyl (C=O) groups is 2. The molecule has 3 rings (SSSR count). The zero-order chi connectivity index (χ0) is 28.8. The van der Waals surface area contributed by atoms with E-state index in [1.807, 2.05) is 32.1 Å². The van der Waals surface area contributed by atoms with Gasteiger partial charge in [-0.25, -0.2) is 4.39 Å². The first-order valence-electron chi connectivity index (χ1n) is 14.7.